The minimum atomic E-state index is -0.616. The molecule has 1 aliphatic rings. The van der Waals surface area contributed by atoms with Crippen molar-refractivity contribution >= 4 is 12.4 Å². The van der Waals surface area contributed by atoms with Crippen LogP contribution in [0, 0.1) is 0 Å². The molecule has 5 nitrogen and oxygen atoms in total. The topological polar surface area (TPSA) is 72.6 Å². The van der Waals surface area contributed by atoms with E-state index in [2.05, 4.69) is 0 Å². The number of amides is 1. The number of likely N-dealkylation sites (tertiary alicyclic amines) is 1. The highest BCUT2D eigenvalue weighted by Gasteiger charge is 2.35. The van der Waals surface area contributed by atoms with Crippen LogP contribution < -0.4 is 5.73 Å². The van der Waals surface area contributed by atoms with Crippen LogP contribution in [0.1, 0.15) is 33.6 Å². The van der Waals surface area contributed by atoms with Gasteiger partial charge in [0.2, 0.25) is 0 Å². The Balaban J connectivity index is 2.64. The Labute approximate surface area is 95.9 Å². The second kappa shape index (κ2) is 4.82. The monoisotopic (exact) mass is 228 g/mol. The molecule has 0 saturated carbocycles. The van der Waals surface area contributed by atoms with Crippen LogP contribution in [0.25, 0.3) is 0 Å². The van der Waals surface area contributed by atoms with Crippen LogP contribution in [0.5, 0.6) is 0 Å². The van der Waals surface area contributed by atoms with Gasteiger partial charge in [0.1, 0.15) is 11.9 Å². The van der Waals surface area contributed by atoms with Crippen LogP contribution in [0.15, 0.2) is 0 Å². The minimum absolute atomic E-state index is 0.215. The molecule has 1 amide bonds. The lowest BCUT2D eigenvalue weighted by atomic mass is 10.1. The predicted octanol–water partition coefficient (Wildman–Crippen LogP) is 0.912. The fourth-order valence-corrected chi connectivity index (χ4v) is 1.83. The fraction of sp³-hybridized carbons (Fsp3) is 0.818. The molecule has 2 unspecified atom stereocenters. The molecule has 2 atom stereocenters. The van der Waals surface area contributed by atoms with Gasteiger partial charge < -0.3 is 20.2 Å². The average molecular weight is 228 g/mol. The van der Waals surface area contributed by atoms with Crippen LogP contribution >= 0.6 is 0 Å². The van der Waals surface area contributed by atoms with Crippen molar-refractivity contribution in [2.24, 2.45) is 5.73 Å². The van der Waals surface area contributed by atoms with E-state index in [0.29, 0.717) is 12.8 Å². The second-order valence-electron chi connectivity index (χ2n) is 5.10. The summed E-state index contributed by atoms with van der Waals surface area (Å²) in [5.74, 6) is 0. The third-order valence-electron chi connectivity index (χ3n) is 2.53. The molecule has 0 aromatic heterocycles. The van der Waals surface area contributed by atoms with Gasteiger partial charge in [-0.2, -0.15) is 0 Å². The molecule has 92 valence electrons. The summed E-state index contributed by atoms with van der Waals surface area (Å²) in [6, 6.07) is -0.831. The molecule has 16 heavy (non-hydrogen) atoms. The van der Waals surface area contributed by atoms with Crippen molar-refractivity contribution in [2.45, 2.75) is 51.3 Å². The summed E-state index contributed by atoms with van der Waals surface area (Å²) in [5, 5.41) is 0. The molecule has 1 aliphatic heterocycles. The summed E-state index contributed by atoms with van der Waals surface area (Å²) in [5.41, 5.74) is 5.13. The molecule has 0 bridgehead atoms. The first-order valence-corrected chi connectivity index (χ1v) is 5.55. The SMILES string of the molecule is CC(C)(C)OC(=O)N1CCCC1C(N)C=O. The van der Waals surface area contributed by atoms with E-state index in [1.165, 1.54) is 0 Å². The van der Waals surface area contributed by atoms with E-state index in [9.17, 15) is 9.59 Å². The van der Waals surface area contributed by atoms with Crippen molar-refractivity contribution in [3.05, 3.63) is 0 Å². The van der Waals surface area contributed by atoms with Crippen LogP contribution in [-0.2, 0) is 9.53 Å². The number of carbonyl (C=O) groups excluding carboxylic acids is 2. The average Bonchev–Trinajstić information content (AvgIpc) is 2.62. The van der Waals surface area contributed by atoms with Gasteiger partial charge in [-0.25, -0.2) is 4.79 Å². The van der Waals surface area contributed by atoms with Crippen molar-refractivity contribution in [2.75, 3.05) is 6.54 Å². The Morgan fingerprint density at radius 3 is 2.69 bits per heavy atom. The molecule has 5 heteroatoms. The van der Waals surface area contributed by atoms with Gasteiger partial charge in [-0.1, -0.05) is 0 Å². The largest absolute Gasteiger partial charge is 0.444 e. The third kappa shape index (κ3) is 3.20. The first kappa shape index (κ1) is 13.0. The summed E-state index contributed by atoms with van der Waals surface area (Å²) < 4.78 is 5.26. The van der Waals surface area contributed by atoms with Crippen LogP contribution in [0.4, 0.5) is 4.79 Å². The van der Waals surface area contributed by atoms with Gasteiger partial charge in [0.15, 0.2) is 0 Å². The highest BCUT2D eigenvalue weighted by Crippen LogP contribution is 2.21. The van der Waals surface area contributed by atoms with Gasteiger partial charge in [-0.15, -0.1) is 0 Å². The van der Waals surface area contributed by atoms with Crippen molar-refractivity contribution < 1.29 is 14.3 Å². The summed E-state index contributed by atoms with van der Waals surface area (Å²) in [7, 11) is 0. The van der Waals surface area contributed by atoms with Crippen molar-refractivity contribution in [3.63, 3.8) is 0 Å². The minimum Gasteiger partial charge on any atom is -0.444 e. The van der Waals surface area contributed by atoms with E-state index < -0.39 is 11.6 Å². The van der Waals surface area contributed by atoms with Crippen LogP contribution in [0.2, 0.25) is 0 Å². The number of rotatable bonds is 2. The standard InChI is InChI=1S/C11H20N2O3/c1-11(2,3)16-10(15)13-6-4-5-9(13)8(12)7-14/h7-9H,4-6,12H2,1-3H3. The van der Waals surface area contributed by atoms with Gasteiger partial charge in [-0.3, -0.25) is 0 Å². The number of nitrogens with two attached hydrogens (primary N) is 1. The van der Waals surface area contributed by atoms with Crippen molar-refractivity contribution in [3.8, 4) is 0 Å². The Morgan fingerprint density at radius 1 is 1.56 bits per heavy atom. The van der Waals surface area contributed by atoms with Crippen molar-refractivity contribution in [1.82, 2.24) is 4.90 Å². The molecule has 2 N–H and O–H groups in total. The fourth-order valence-electron chi connectivity index (χ4n) is 1.83. The van der Waals surface area contributed by atoms with Gasteiger partial charge in [0.05, 0.1) is 12.1 Å². The third-order valence-corrected chi connectivity index (χ3v) is 2.53. The normalized spacial score (nSPS) is 23.0. The Kier molecular flexibility index (Phi) is 3.91. The molecule has 1 heterocycles. The zero-order valence-corrected chi connectivity index (χ0v) is 10.1. The highest BCUT2D eigenvalue weighted by molar-refractivity contribution is 5.70. The predicted molar refractivity (Wildman–Crippen MR) is 60.0 cm³/mol. The maximum absolute atomic E-state index is 11.8. The maximum atomic E-state index is 11.8. The number of hydrogen-bond donors (Lipinski definition) is 1. The first-order valence-electron chi connectivity index (χ1n) is 5.55. The second-order valence-corrected chi connectivity index (χ2v) is 5.10. The molecular formula is C11H20N2O3. The lowest BCUT2D eigenvalue weighted by Gasteiger charge is -2.29. The molecular weight excluding hydrogens is 208 g/mol. The van der Waals surface area contributed by atoms with E-state index in [1.807, 2.05) is 20.8 Å². The van der Waals surface area contributed by atoms with Crippen LogP contribution in [0.3, 0.4) is 0 Å². The summed E-state index contributed by atoms with van der Waals surface area (Å²) in [6.07, 6.45) is 1.94. The number of hydrogen-bond acceptors (Lipinski definition) is 4. The van der Waals surface area contributed by atoms with Crippen molar-refractivity contribution in [1.29, 1.82) is 0 Å². The van der Waals surface area contributed by atoms with E-state index in [4.69, 9.17) is 10.5 Å². The molecule has 1 saturated heterocycles. The number of nitrogens with zero attached hydrogens (tertiary/aromatic N) is 1. The van der Waals surface area contributed by atoms with E-state index in [1.54, 1.807) is 4.90 Å². The quantitative estimate of drug-likeness (QED) is 0.713. The maximum Gasteiger partial charge on any atom is 0.410 e. The molecule has 0 aromatic carbocycles. The molecule has 1 fully saturated rings. The van der Waals surface area contributed by atoms with Gasteiger partial charge in [0.25, 0.3) is 0 Å². The molecule has 0 aromatic rings. The summed E-state index contributed by atoms with van der Waals surface area (Å²) in [6.45, 7) is 6.06. The Morgan fingerprint density at radius 2 is 2.19 bits per heavy atom. The molecule has 0 spiro atoms. The number of ether oxygens (including phenoxy) is 1. The smallest absolute Gasteiger partial charge is 0.410 e. The number of carbonyl (C=O) groups is 2. The zero-order valence-electron chi connectivity index (χ0n) is 10.1. The lowest BCUT2D eigenvalue weighted by Crippen LogP contribution is -2.49. The van der Waals surface area contributed by atoms with E-state index in [-0.39, 0.29) is 12.1 Å². The Hall–Kier alpha value is -1.10. The summed E-state index contributed by atoms with van der Waals surface area (Å²) in [4.78, 5) is 24.0. The highest BCUT2D eigenvalue weighted by atomic mass is 16.6. The Bertz CT molecular complexity index is 273. The zero-order chi connectivity index (χ0) is 12.3. The van der Waals surface area contributed by atoms with E-state index >= 15 is 0 Å². The molecule has 1 rings (SSSR count). The first-order chi connectivity index (χ1) is 7.35. The number of aldehydes is 1. The lowest BCUT2D eigenvalue weighted by molar-refractivity contribution is -0.109. The molecule has 0 radical (unpaired) electrons. The van der Waals surface area contributed by atoms with Gasteiger partial charge >= 0.3 is 6.09 Å². The van der Waals surface area contributed by atoms with Gasteiger partial charge in [-0.05, 0) is 33.6 Å². The van der Waals surface area contributed by atoms with Gasteiger partial charge in [0, 0.05) is 6.54 Å². The molecule has 0 aliphatic carbocycles. The van der Waals surface area contributed by atoms with Crippen LogP contribution in [-0.4, -0.2) is 41.5 Å². The van der Waals surface area contributed by atoms with E-state index in [0.717, 1.165) is 12.8 Å². The summed E-state index contributed by atoms with van der Waals surface area (Å²) >= 11 is 0.